The Labute approximate surface area is 212 Å². The van der Waals surface area contributed by atoms with Crippen LogP contribution in [0.15, 0.2) is 22.9 Å². The second-order valence-corrected chi connectivity index (χ2v) is 14.4. The fraction of sp³-hybridized carbons (Fsp3) is 0.867. The maximum absolute atomic E-state index is 11.4. The number of hydrogen-bond acceptors (Lipinski definition) is 5. The average Bonchev–Trinajstić information content (AvgIpc) is 3.03. The van der Waals surface area contributed by atoms with E-state index in [1.165, 1.54) is 25.7 Å². The molecule has 0 radical (unpaired) electrons. The van der Waals surface area contributed by atoms with Crippen molar-refractivity contribution >= 4 is 0 Å². The fourth-order valence-corrected chi connectivity index (χ4v) is 9.49. The summed E-state index contributed by atoms with van der Waals surface area (Å²) >= 11 is 0. The third-order valence-electron chi connectivity index (χ3n) is 12.0. The molecule has 0 bridgehead atoms. The zero-order valence-corrected chi connectivity index (χ0v) is 23.3. The minimum Gasteiger partial charge on any atom is -0.512 e. The first-order valence-electron chi connectivity index (χ1n) is 14.0. The molecule has 35 heavy (non-hydrogen) atoms. The molecule has 0 spiro atoms. The molecule has 2 saturated carbocycles. The van der Waals surface area contributed by atoms with Crippen LogP contribution in [0.2, 0.25) is 0 Å². The van der Waals surface area contributed by atoms with Gasteiger partial charge in [-0.3, -0.25) is 0 Å². The largest absolute Gasteiger partial charge is 0.512 e. The van der Waals surface area contributed by atoms with E-state index in [1.54, 1.807) is 13.8 Å². The topological polar surface area (TPSA) is 101 Å². The monoisotopic (exact) mass is 490 g/mol. The lowest BCUT2D eigenvalue weighted by molar-refractivity contribution is -0.232. The molecule has 4 rings (SSSR count). The van der Waals surface area contributed by atoms with E-state index in [0.29, 0.717) is 23.8 Å². The predicted molar refractivity (Wildman–Crippen MR) is 139 cm³/mol. The van der Waals surface area contributed by atoms with Gasteiger partial charge in [0.1, 0.15) is 5.76 Å². The van der Waals surface area contributed by atoms with Gasteiger partial charge in [-0.05, 0) is 71.2 Å². The van der Waals surface area contributed by atoms with Crippen molar-refractivity contribution in [3.63, 3.8) is 0 Å². The Kier molecular flexibility index (Phi) is 6.25. The molecular formula is C30H50O5. The molecule has 2 fully saturated rings. The molecular weight excluding hydrogens is 440 g/mol. The zero-order valence-electron chi connectivity index (χ0n) is 23.3. The summed E-state index contributed by atoms with van der Waals surface area (Å²) in [6.45, 7) is 17.4. The average molecular weight is 491 g/mol. The number of rotatable bonds is 5. The molecule has 5 nitrogen and oxygen atoms in total. The second kappa shape index (κ2) is 8.15. The Balaban J connectivity index is 1.74. The Morgan fingerprint density at radius 2 is 1.49 bits per heavy atom. The maximum atomic E-state index is 11.4. The van der Waals surface area contributed by atoms with Gasteiger partial charge in [0, 0.05) is 6.42 Å². The standard InChI is InChI=1S/C30H50O5/c1-17(2)10-9-11-18(3)19-12-13-29(8)21-16-20(31)22-23(27(21,6)14-15-28(19,29)7)24(32)25(33)30(34,35)26(22,4)5/h17-19,21,23,31-35H,9-16H2,1-8H3/t18-,19-,21-,23+,27-,28-,29+/m1/s1. The lowest BCUT2D eigenvalue weighted by Gasteiger charge is -2.65. The summed E-state index contributed by atoms with van der Waals surface area (Å²) in [5.41, 5.74) is -1.10. The van der Waals surface area contributed by atoms with Crippen LogP contribution in [-0.2, 0) is 0 Å². The Bertz CT molecular complexity index is 929. The zero-order chi connectivity index (χ0) is 26.4. The third-order valence-corrected chi connectivity index (χ3v) is 12.0. The quantitative estimate of drug-likeness (QED) is 0.263. The maximum Gasteiger partial charge on any atom is 0.235 e. The smallest absolute Gasteiger partial charge is 0.235 e. The van der Waals surface area contributed by atoms with E-state index in [9.17, 15) is 25.5 Å². The molecule has 4 aliphatic carbocycles. The molecule has 0 aromatic carbocycles. The summed E-state index contributed by atoms with van der Waals surface area (Å²) < 4.78 is 0. The van der Waals surface area contributed by atoms with Crippen LogP contribution in [0.4, 0.5) is 0 Å². The molecule has 5 heteroatoms. The van der Waals surface area contributed by atoms with Gasteiger partial charge in [-0.25, -0.2) is 0 Å². The second-order valence-electron chi connectivity index (χ2n) is 14.4. The van der Waals surface area contributed by atoms with Crippen molar-refractivity contribution in [1.29, 1.82) is 0 Å². The van der Waals surface area contributed by atoms with Gasteiger partial charge in [0.15, 0.2) is 5.76 Å². The van der Waals surface area contributed by atoms with Crippen molar-refractivity contribution in [2.75, 3.05) is 0 Å². The summed E-state index contributed by atoms with van der Waals surface area (Å²) in [6.07, 6.45) is 8.50. The van der Waals surface area contributed by atoms with E-state index >= 15 is 0 Å². The van der Waals surface area contributed by atoms with Crippen molar-refractivity contribution in [3.05, 3.63) is 22.9 Å². The van der Waals surface area contributed by atoms with E-state index in [0.717, 1.165) is 25.2 Å². The highest BCUT2D eigenvalue weighted by molar-refractivity contribution is 5.43. The summed E-state index contributed by atoms with van der Waals surface area (Å²) in [5.74, 6) is -2.08. The molecule has 0 aromatic heterocycles. The van der Waals surface area contributed by atoms with E-state index in [-0.39, 0.29) is 28.3 Å². The summed E-state index contributed by atoms with van der Waals surface area (Å²) in [7, 11) is 0. The Morgan fingerprint density at radius 1 is 0.857 bits per heavy atom. The van der Waals surface area contributed by atoms with Crippen LogP contribution in [0.5, 0.6) is 0 Å². The number of aliphatic hydroxyl groups excluding tert-OH is 3. The molecule has 0 saturated heterocycles. The number of aliphatic hydroxyl groups is 5. The predicted octanol–water partition coefficient (Wildman–Crippen LogP) is 7.17. The van der Waals surface area contributed by atoms with Crippen molar-refractivity contribution in [1.82, 2.24) is 0 Å². The minimum absolute atomic E-state index is 0.0104. The third kappa shape index (κ3) is 3.39. The highest BCUT2D eigenvalue weighted by Crippen LogP contribution is 2.76. The van der Waals surface area contributed by atoms with Crippen molar-refractivity contribution in [3.8, 4) is 0 Å². The normalized spacial score (nSPS) is 43.1. The van der Waals surface area contributed by atoms with Gasteiger partial charge in [-0.15, -0.1) is 0 Å². The van der Waals surface area contributed by atoms with Crippen LogP contribution in [0.3, 0.4) is 0 Å². The lowest BCUT2D eigenvalue weighted by atomic mass is 9.39. The molecule has 200 valence electrons. The van der Waals surface area contributed by atoms with E-state index in [4.69, 9.17) is 0 Å². The van der Waals surface area contributed by atoms with Crippen molar-refractivity contribution < 1.29 is 25.5 Å². The highest BCUT2D eigenvalue weighted by atomic mass is 16.5. The fourth-order valence-electron chi connectivity index (χ4n) is 9.49. The highest BCUT2D eigenvalue weighted by Gasteiger charge is 2.71. The molecule has 5 N–H and O–H groups in total. The molecule has 0 aliphatic heterocycles. The summed E-state index contributed by atoms with van der Waals surface area (Å²) in [5, 5.41) is 54.9. The molecule has 4 aliphatic rings. The minimum atomic E-state index is -2.63. The first-order valence-corrected chi connectivity index (χ1v) is 14.0. The van der Waals surface area contributed by atoms with Crippen LogP contribution in [0.25, 0.3) is 0 Å². The van der Waals surface area contributed by atoms with E-state index in [1.807, 2.05) is 0 Å². The van der Waals surface area contributed by atoms with Gasteiger partial charge in [0.2, 0.25) is 5.79 Å². The molecule has 0 aromatic rings. The van der Waals surface area contributed by atoms with Gasteiger partial charge in [0.25, 0.3) is 0 Å². The summed E-state index contributed by atoms with van der Waals surface area (Å²) in [6, 6.07) is 0. The van der Waals surface area contributed by atoms with Gasteiger partial charge in [-0.2, -0.15) is 0 Å². The van der Waals surface area contributed by atoms with Crippen molar-refractivity contribution in [2.24, 2.45) is 51.2 Å². The molecule has 7 atom stereocenters. The Morgan fingerprint density at radius 3 is 2.09 bits per heavy atom. The van der Waals surface area contributed by atoms with Crippen LogP contribution in [-0.4, -0.2) is 31.3 Å². The Hall–Kier alpha value is -1.20. The molecule has 0 amide bonds. The van der Waals surface area contributed by atoms with Crippen LogP contribution in [0.1, 0.15) is 107 Å². The van der Waals surface area contributed by atoms with Gasteiger partial charge in [0.05, 0.1) is 17.1 Å². The van der Waals surface area contributed by atoms with Crippen LogP contribution < -0.4 is 0 Å². The van der Waals surface area contributed by atoms with E-state index in [2.05, 4.69) is 41.5 Å². The first-order chi connectivity index (χ1) is 16.0. The lowest BCUT2D eigenvalue weighted by Crippen LogP contribution is -2.62. The van der Waals surface area contributed by atoms with Crippen molar-refractivity contribution in [2.45, 2.75) is 113 Å². The van der Waals surface area contributed by atoms with Gasteiger partial charge in [-0.1, -0.05) is 74.7 Å². The van der Waals surface area contributed by atoms with Crippen LogP contribution >= 0.6 is 0 Å². The number of fused-ring (bicyclic) bond motifs is 5. The van der Waals surface area contributed by atoms with E-state index < -0.39 is 28.3 Å². The molecule has 0 heterocycles. The summed E-state index contributed by atoms with van der Waals surface area (Å²) in [4.78, 5) is 0. The van der Waals surface area contributed by atoms with Gasteiger partial charge < -0.3 is 25.5 Å². The number of hydrogen-bond donors (Lipinski definition) is 5. The van der Waals surface area contributed by atoms with Gasteiger partial charge >= 0.3 is 0 Å². The number of allylic oxidation sites excluding steroid dienone is 2. The molecule has 0 unspecified atom stereocenters. The first kappa shape index (κ1) is 26.9. The van der Waals surface area contributed by atoms with Crippen LogP contribution in [0, 0.1) is 51.2 Å². The SMILES string of the molecule is CC(C)CCC[C@@H](C)[C@H]1CC[C@@]2(C)[C@@H]3CC(O)=C4[C@@H](C(O)=C(O)C(O)(O)C4(C)C)[C@]3(C)CC[C@]12C.